The summed E-state index contributed by atoms with van der Waals surface area (Å²) >= 11 is 0. The fourth-order valence-electron chi connectivity index (χ4n) is 1.33. The second-order valence-corrected chi connectivity index (χ2v) is 3.30. The topological polar surface area (TPSA) is 32.7 Å². The van der Waals surface area contributed by atoms with Crippen molar-refractivity contribution in [3.05, 3.63) is 23.8 Å². The number of rotatable bonds is 4. The Kier molecular flexibility index (Phi) is 7.38. The predicted molar refractivity (Wildman–Crippen MR) is 69.4 cm³/mol. The summed E-state index contributed by atoms with van der Waals surface area (Å²) in [6.45, 7) is 6.80. The van der Waals surface area contributed by atoms with Crippen molar-refractivity contribution >= 4 is 5.69 Å². The zero-order valence-electron chi connectivity index (χ0n) is 10.9. The molecule has 0 bridgehead atoms. The van der Waals surface area contributed by atoms with Gasteiger partial charge in [0.15, 0.2) is 0 Å². The summed E-state index contributed by atoms with van der Waals surface area (Å²) in [6.07, 6.45) is 0. The molecule has 0 aliphatic carbocycles. The third-order valence-electron chi connectivity index (χ3n) is 2.27. The third kappa shape index (κ3) is 4.11. The number of likely N-dealkylation sites (N-methyl/N-ethyl adjacent to an activating group) is 1. The van der Waals surface area contributed by atoms with Gasteiger partial charge in [-0.3, -0.25) is 0 Å². The lowest BCUT2D eigenvalue weighted by Gasteiger charge is -2.19. The van der Waals surface area contributed by atoms with Gasteiger partial charge in [-0.15, -0.1) is 0 Å². The highest BCUT2D eigenvalue weighted by Crippen LogP contribution is 2.23. The fourth-order valence-corrected chi connectivity index (χ4v) is 1.33. The Balaban J connectivity index is 0.00000106. The van der Waals surface area contributed by atoms with Crippen molar-refractivity contribution < 1.29 is 9.84 Å². The Labute approximate surface area is 98.7 Å². The minimum atomic E-state index is 0.159. The van der Waals surface area contributed by atoms with Crippen LogP contribution in [0, 0.1) is 6.92 Å². The van der Waals surface area contributed by atoms with Crippen molar-refractivity contribution in [2.75, 3.05) is 32.2 Å². The average Bonchev–Trinajstić information content (AvgIpc) is 2.32. The summed E-state index contributed by atoms with van der Waals surface area (Å²) in [5.41, 5.74) is 2.18. The number of hydrogen-bond acceptors (Lipinski definition) is 3. The van der Waals surface area contributed by atoms with Crippen LogP contribution < -0.4 is 9.64 Å². The number of anilines is 1. The van der Waals surface area contributed by atoms with Gasteiger partial charge in [0, 0.05) is 25.3 Å². The Morgan fingerprint density at radius 1 is 1.31 bits per heavy atom. The molecule has 0 saturated heterocycles. The van der Waals surface area contributed by atoms with Crippen molar-refractivity contribution in [3.8, 4) is 5.75 Å². The first-order chi connectivity index (χ1) is 7.69. The van der Waals surface area contributed by atoms with Gasteiger partial charge >= 0.3 is 0 Å². The standard InChI is InChI=1S/C11H17NO2.C2H6/c1-9-4-5-10(8-11(9)14-3)12(2)6-7-13;1-2/h4-5,8,13H,6-7H2,1-3H3;1-2H3. The predicted octanol–water partition coefficient (Wildman–Crippen LogP) is 2.46. The molecule has 0 aliphatic heterocycles. The molecule has 1 rings (SSSR count). The van der Waals surface area contributed by atoms with E-state index in [1.807, 2.05) is 50.9 Å². The first-order valence-electron chi connectivity index (χ1n) is 5.65. The molecule has 0 heterocycles. The molecule has 16 heavy (non-hydrogen) atoms. The molecule has 0 amide bonds. The molecule has 0 unspecified atom stereocenters. The van der Waals surface area contributed by atoms with Crippen LogP contribution in [0.5, 0.6) is 5.75 Å². The van der Waals surface area contributed by atoms with Crippen LogP contribution in [0.1, 0.15) is 19.4 Å². The van der Waals surface area contributed by atoms with Crippen LogP contribution >= 0.6 is 0 Å². The quantitative estimate of drug-likeness (QED) is 0.854. The molecule has 0 aromatic heterocycles. The minimum absolute atomic E-state index is 0.159. The number of nitrogens with zero attached hydrogens (tertiary/aromatic N) is 1. The van der Waals surface area contributed by atoms with Gasteiger partial charge in [0.2, 0.25) is 0 Å². The molecule has 1 aromatic rings. The van der Waals surface area contributed by atoms with E-state index < -0.39 is 0 Å². The van der Waals surface area contributed by atoms with Crippen molar-refractivity contribution in [2.24, 2.45) is 0 Å². The summed E-state index contributed by atoms with van der Waals surface area (Å²) in [5, 5.41) is 8.81. The van der Waals surface area contributed by atoms with Crippen molar-refractivity contribution in [1.29, 1.82) is 0 Å². The molecule has 0 fully saturated rings. The van der Waals surface area contributed by atoms with E-state index in [1.54, 1.807) is 7.11 Å². The van der Waals surface area contributed by atoms with Crippen LogP contribution in [0.15, 0.2) is 18.2 Å². The van der Waals surface area contributed by atoms with E-state index in [9.17, 15) is 0 Å². The van der Waals surface area contributed by atoms with Gasteiger partial charge in [-0.25, -0.2) is 0 Å². The number of aliphatic hydroxyl groups is 1. The van der Waals surface area contributed by atoms with Crippen LogP contribution in [-0.4, -0.2) is 32.4 Å². The molecule has 0 spiro atoms. The van der Waals surface area contributed by atoms with Crippen molar-refractivity contribution in [3.63, 3.8) is 0 Å². The second kappa shape index (κ2) is 7.99. The first-order valence-corrected chi connectivity index (χ1v) is 5.65. The number of ether oxygens (including phenoxy) is 1. The molecular formula is C13H23NO2. The van der Waals surface area contributed by atoms with E-state index in [1.165, 1.54) is 0 Å². The number of aliphatic hydroxyl groups excluding tert-OH is 1. The highest BCUT2D eigenvalue weighted by atomic mass is 16.5. The SMILES string of the molecule is CC.COc1cc(N(C)CCO)ccc1C. The maximum atomic E-state index is 8.81. The van der Waals surface area contributed by atoms with Crippen LogP contribution in [0.2, 0.25) is 0 Å². The highest BCUT2D eigenvalue weighted by Gasteiger charge is 2.03. The van der Waals surface area contributed by atoms with Gasteiger partial charge < -0.3 is 14.7 Å². The summed E-state index contributed by atoms with van der Waals surface area (Å²) in [6, 6.07) is 6.01. The van der Waals surface area contributed by atoms with Gasteiger partial charge in [0.25, 0.3) is 0 Å². The van der Waals surface area contributed by atoms with Crippen LogP contribution in [0.4, 0.5) is 5.69 Å². The van der Waals surface area contributed by atoms with Gasteiger partial charge in [0.05, 0.1) is 13.7 Å². The molecule has 1 aromatic carbocycles. The van der Waals surface area contributed by atoms with E-state index in [4.69, 9.17) is 9.84 Å². The number of benzene rings is 1. The van der Waals surface area contributed by atoms with Gasteiger partial charge in [-0.2, -0.15) is 0 Å². The van der Waals surface area contributed by atoms with Crippen LogP contribution in [0.25, 0.3) is 0 Å². The zero-order valence-corrected chi connectivity index (χ0v) is 10.9. The Morgan fingerprint density at radius 3 is 2.44 bits per heavy atom. The maximum absolute atomic E-state index is 8.81. The molecule has 0 saturated carbocycles. The van der Waals surface area contributed by atoms with Crippen molar-refractivity contribution in [1.82, 2.24) is 0 Å². The number of methoxy groups -OCH3 is 1. The first kappa shape index (κ1) is 14.8. The van der Waals surface area contributed by atoms with E-state index in [0.717, 1.165) is 17.0 Å². The maximum Gasteiger partial charge on any atom is 0.123 e. The van der Waals surface area contributed by atoms with Crippen LogP contribution in [-0.2, 0) is 0 Å². The van der Waals surface area contributed by atoms with E-state index in [0.29, 0.717) is 6.54 Å². The molecule has 0 aliphatic rings. The van der Waals surface area contributed by atoms with Gasteiger partial charge in [-0.1, -0.05) is 19.9 Å². The van der Waals surface area contributed by atoms with E-state index in [2.05, 4.69) is 0 Å². The number of aryl methyl sites for hydroxylation is 1. The molecule has 3 nitrogen and oxygen atoms in total. The lowest BCUT2D eigenvalue weighted by Crippen LogP contribution is -2.21. The van der Waals surface area contributed by atoms with Crippen molar-refractivity contribution in [2.45, 2.75) is 20.8 Å². The van der Waals surface area contributed by atoms with E-state index in [-0.39, 0.29) is 6.61 Å². The van der Waals surface area contributed by atoms with Gasteiger partial charge in [0.1, 0.15) is 5.75 Å². The smallest absolute Gasteiger partial charge is 0.123 e. The highest BCUT2D eigenvalue weighted by molar-refractivity contribution is 5.53. The molecule has 3 heteroatoms. The molecule has 92 valence electrons. The average molecular weight is 225 g/mol. The molecule has 0 radical (unpaired) electrons. The van der Waals surface area contributed by atoms with Gasteiger partial charge in [-0.05, 0) is 18.6 Å². The Morgan fingerprint density at radius 2 is 1.94 bits per heavy atom. The fraction of sp³-hybridized carbons (Fsp3) is 0.538. The monoisotopic (exact) mass is 225 g/mol. The summed E-state index contributed by atoms with van der Waals surface area (Å²) in [4.78, 5) is 1.99. The lowest BCUT2D eigenvalue weighted by molar-refractivity contribution is 0.304. The summed E-state index contributed by atoms with van der Waals surface area (Å²) in [7, 11) is 3.61. The largest absolute Gasteiger partial charge is 0.496 e. The second-order valence-electron chi connectivity index (χ2n) is 3.30. The van der Waals surface area contributed by atoms with Crippen LogP contribution in [0.3, 0.4) is 0 Å². The minimum Gasteiger partial charge on any atom is -0.496 e. The third-order valence-corrected chi connectivity index (χ3v) is 2.27. The summed E-state index contributed by atoms with van der Waals surface area (Å²) in [5.74, 6) is 0.882. The number of hydrogen-bond donors (Lipinski definition) is 1. The Hall–Kier alpha value is -1.22. The lowest BCUT2D eigenvalue weighted by atomic mass is 10.2. The molecule has 0 atom stereocenters. The normalized spacial score (nSPS) is 9.12. The van der Waals surface area contributed by atoms with E-state index >= 15 is 0 Å². The summed E-state index contributed by atoms with van der Waals surface area (Å²) < 4.78 is 5.22. The molecule has 1 N–H and O–H groups in total. The zero-order chi connectivity index (χ0) is 12.6. The Bertz CT molecular complexity index is 300. The molecular weight excluding hydrogens is 202 g/mol.